The molecule has 0 aliphatic carbocycles. The van der Waals surface area contributed by atoms with E-state index in [2.05, 4.69) is 31.9 Å². The third-order valence-corrected chi connectivity index (χ3v) is 3.50. The normalized spacial score (nSPS) is 10.9. The molecule has 5 nitrogen and oxygen atoms in total. The lowest BCUT2D eigenvalue weighted by molar-refractivity contribution is -0.0908. The Morgan fingerprint density at radius 3 is 1.59 bits per heavy atom. The molecule has 0 fully saturated rings. The predicted octanol–water partition coefficient (Wildman–Crippen LogP) is 2.53. The molecule has 0 aromatic heterocycles. The van der Waals surface area contributed by atoms with Gasteiger partial charge >= 0.3 is 0 Å². The van der Waals surface area contributed by atoms with E-state index in [1.165, 1.54) is 0 Å². The quantitative estimate of drug-likeness (QED) is 0.386. The molecule has 0 radical (unpaired) electrons. The van der Waals surface area contributed by atoms with Gasteiger partial charge in [0.25, 0.3) is 0 Å². The van der Waals surface area contributed by atoms with E-state index in [0.717, 1.165) is 0 Å². The highest BCUT2D eigenvalue weighted by Crippen LogP contribution is 2.29. The highest BCUT2D eigenvalue weighted by Gasteiger charge is 2.35. The molecule has 22 heavy (non-hydrogen) atoms. The van der Waals surface area contributed by atoms with E-state index in [1.54, 1.807) is 0 Å². The molecule has 5 heteroatoms. The molecule has 0 aromatic carbocycles. The van der Waals surface area contributed by atoms with Crippen molar-refractivity contribution in [2.24, 2.45) is 11.3 Å². The lowest BCUT2D eigenvalue weighted by Gasteiger charge is -2.36. The second-order valence-electron chi connectivity index (χ2n) is 5.45. The molecule has 0 unspecified atom stereocenters. The molecular formula is C17H26N2O3. The zero-order chi connectivity index (χ0) is 16.7. The first-order chi connectivity index (χ1) is 10.6. The van der Waals surface area contributed by atoms with Crippen LogP contribution < -0.4 is 0 Å². The molecule has 0 amide bonds. The summed E-state index contributed by atoms with van der Waals surface area (Å²) in [6, 6.07) is 4.11. The Morgan fingerprint density at radius 2 is 1.27 bits per heavy atom. The van der Waals surface area contributed by atoms with Crippen molar-refractivity contribution < 1.29 is 14.2 Å². The fourth-order valence-electron chi connectivity index (χ4n) is 1.82. The third-order valence-electron chi connectivity index (χ3n) is 3.50. The van der Waals surface area contributed by atoms with Crippen LogP contribution in [0.1, 0.15) is 33.1 Å². The van der Waals surface area contributed by atoms with Crippen molar-refractivity contribution in [1.82, 2.24) is 0 Å². The van der Waals surface area contributed by atoms with E-state index in [0.29, 0.717) is 58.9 Å². The van der Waals surface area contributed by atoms with Crippen LogP contribution in [0.3, 0.4) is 0 Å². The topological polar surface area (TPSA) is 75.3 Å². The summed E-state index contributed by atoms with van der Waals surface area (Å²) in [4.78, 5) is 0. The Kier molecular flexibility index (Phi) is 12.2. The molecule has 0 spiro atoms. The van der Waals surface area contributed by atoms with Crippen LogP contribution in [0.5, 0.6) is 0 Å². The van der Waals surface area contributed by atoms with Gasteiger partial charge in [0, 0.05) is 11.8 Å². The largest absolute Gasteiger partial charge is 0.380 e. The Hall–Kier alpha value is -1.58. The van der Waals surface area contributed by atoms with Crippen molar-refractivity contribution in [3.63, 3.8) is 0 Å². The van der Waals surface area contributed by atoms with Gasteiger partial charge in [-0.25, -0.2) is 0 Å². The fourth-order valence-corrected chi connectivity index (χ4v) is 1.82. The molecule has 0 rings (SSSR count). The molecule has 0 N–H and O–H groups in total. The van der Waals surface area contributed by atoms with Crippen molar-refractivity contribution in [3.05, 3.63) is 0 Å². The molecule has 0 aromatic rings. The highest BCUT2D eigenvalue weighted by atomic mass is 16.5. The van der Waals surface area contributed by atoms with E-state index < -0.39 is 0 Å². The minimum Gasteiger partial charge on any atom is -0.380 e. The number of hydrogen-bond donors (Lipinski definition) is 0. The number of ether oxygens (including phenoxy) is 3. The van der Waals surface area contributed by atoms with Gasteiger partial charge in [-0.2, -0.15) is 10.5 Å². The van der Waals surface area contributed by atoms with Gasteiger partial charge in [0.1, 0.15) is 0 Å². The molecule has 0 saturated carbocycles. The summed E-state index contributed by atoms with van der Waals surface area (Å²) in [6.07, 6.45) is 6.52. The summed E-state index contributed by atoms with van der Waals surface area (Å²) in [6.45, 7) is 6.86. The summed E-state index contributed by atoms with van der Waals surface area (Å²) < 4.78 is 16.9. The zero-order valence-electron chi connectivity index (χ0n) is 13.6. The standard InChI is InChI=1S/C17H26N2O3/c1-4-5-10-20-13-17(16(2)3,14-21-11-6-8-18)15-22-12-7-9-19/h1,16H,5-7,10-15H2,2-3H3. The van der Waals surface area contributed by atoms with Gasteiger partial charge < -0.3 is 14.2 Å². The summed E-state index contributed by atoms with van der Waals surface area (Å²) >= 11 is 0. The Morgan fingerprint density at radius 1 is 0.864 bits per heavy atom. The van der Waals surface area contributed by atoms with Crippen LogP contribution in [0, 0.1) is 46.3 Å². The molecule has 0 bridgehead atoms. The number of nitriles is 2. The Labute approximate surface area is 134 Å². The highest BCUT2D eigenvalue weighted by molar-refractivity contribution is 4.85. The minimum absolute atomic E-state index is 0.266. The maximum atomic E-state index is 8.58. The first-order valence-electron chi connectivity index (χ1n) is 7.53. The maximum Gasteiger partial charge on any atom is 0.0645 e. The van der Waals surface area contributed by atoms with Crippen molar-refractivity contribution in [2.75, 3.05) is 39.6 Å². The molecule has 122 valence electrons. The van der Waals surface area contributed by atoms with Crippen molar-refractivity contribution in [2.45, 2.75) is 33.1 Å². The monoisotopic (exact) mass is 306 g/mol. The molecule has 0 heterocycles. The number of rotatable bonds is 13. The van der Waals surface area contributed by atoms with Crippen LogP contribution in [-0.4, -0.2) is 39.6 Å². The van der Waals surface area contributed by atoms with Crippen molar-refractivity contribution in [3.8, 4) is 24.5 Å². The van der Waals surface area contributed by atoms with E-state index in [4.69, 9.17) is 31.2 Å². The van der Waals surface area contributed by atoms with Gasteiger partial charge in [0.2, 0.25) is 0 Å². The van der Waals surface area contributed by atoms with Gasteiger partial charge in [-0.3, -0.25) is 0 Å². The van der Waals surface area contributed by atoms with Crippen LogP contribution in [0.25, 0.3) is 0 Å². The van der Waals surface area contributed by atoms with Crippen LogP contribution in [0.2, 0.25) is 0 Å². The molecule has 0 atom stereocenters. The fraction of sp³-hybridized carbons (Fsp3) is 0.765. The summed E-state index contributed by atoms with van der Waals surface area (Å²) in [5.41, 5.74) is -0.306. The van der Waals surface area contributed by atoms with Crippen LogP contribution in [0.15, 0.2) is 0 Å². The van der Waals surface area contributed by atoms with Crippen LogP contribution >= 0.6 is 0 Å². The first kappa shape index (κ1) is 20.4. The summed E-state index contributed by atoms with van der Waals surface area (Å²) in [5.74, 6) is 2.81. The van der Waals surface area contributed by atoms with Crippen LogP contribution in [-0.2, 0) is 14.2 Å². The SMILES string of the molecule is C#CCCOCC(COCCC#N)(COCCC#N)C(C)C. The van der Waals surface area contributed by atoms with Crippen molar-refractivity contribution in [1.29, 1.82) is 10.5 Å². The number of terminal acetylenes is 1. The molecule has 0 aliphatic rings. The first-order valence-corrected chi connectivity index (χ1v) is 7.53. The molecule has 0 saturated heterocycles. The minimum atomic E-state index is -0.306. The van der Waals surface area contributed by atoms with E-state index >= 15 is 0 Å². The van der Waals surface area contributed by atoms with E-state index in [-0.39, 0.29) is 11.3 Å². The van der Waals surface area contributed by atoms with Gasteiger partial charge in [0.15, 0.2) is 0 Å². The van der Waals surface area contributed by atoms with Gasteiger partial charge in [0.05, 0.1) is 64.6 Å². The maximum absolute atomic E-state index is 8.58. The second-order valence-corrected chi connectivity index (χ2v) is 5.45. The molecule has 0 aliphatic heterocycles. The van der Waals surface area contributed by atoms with E-state index in [1.807, 2.05) is 0 Å². The smallest absolute Gasteiger partial charge is 0.0645 e. The Bertz CT molecular complexity index is 347. The lowest BCUT2D eigenvalue weighted by atomic mass is 9.79. The predicted molar refractivity (Wildman–Crippen MR) is 83.6 cm³/mol. The van der Waals surface area contributed by atoms with Gasteiger partial charge in [-0.05, 0) is 5.92 Å². The second kappa shape index (κ2) is 13.1. The summed E-state index contributed by atoms with van der Waals surface area (Å²) in [7, 11) is 0. The third kappa shape index (κ3) is 8.65. The number of hydrogen-bond acceptors (Lipinski definition) is 5. The van der Waals surface area contributed by atoms with Crippen LogP contribution in [0.4, 0.5) is 0 Å². The average molecular weight is 306 g/mol. The van der Waals surface area contributed by atoms with Gasteiger partial charge in [-0.1, -0.05) is 13.8 Å². The Balaban J connectivity index is 4.59. The molecular weight excluding hydrogens is 280 g/mol. The van der Waals surface area contributed by atoms with Gasteiger partial charge in [-0.15, -0.1) is 12.3 Å². The summed E-state index contributed by atoms with van der Waals surface area (Å²) in [5, 5.41) is 17.2. The number of nitrogens with zero attached hydrogens (tertiary/aromatic N) is 2. The lowest BCUT2D eigenvalue weighted by Crippen LogP contribution is -2.42. The average Bonchev–Trinajstić information content (AvgIpc) is 2.51. The van der Waals surface area contributed by atoms with E-state index in [9.17, 15) is 0 Å². The zero-order valence-corrected chi connectivity index (χ0v) is 13.6. The van der Waals surface area contributed by atoms with Crippen molar-refractivity contribution >= 4 is 0 Å².